The minimum absolute atomic E-state index is 0.0561. The highest BCUT2D eigenvalue weighted by atomic mass is 32.1. The van der Waals surface area contributed by atoms with Crippen LogP contribution < -0.4 is 5.32 Å². The van der Waals surface area contributed by atoms with Crippen molar-refractivity contribution in [2.24, 2.45) is 0 Å². The Labute approximate surface area is 132 Å². The molecule has 3 rings (SSSR count). The Morgan fingerprint density at radius 1 is 1.55 bits per heavy atom. The van der Waals surface area contributed by atoms with Crippen LogP contribution in [0.4, 0.5) is 10.9 Å². The number of hydrogen-bond donors (Lipinski definition) is 2. The molecule has 0 aromatic carbocycles. The molecule has 0 radical (unpaired) electrons. The lowest BCUT2D eigenvalue weighted by Crippen LogP contribution is -2.33. The summed E-state index contributed by atoms with van der Waals surface area (Å²) in [5, 5.41) is 13.1. The van der Waals surface area contributed by atoms with Gasteiger partial charge in [-0.25, -0.2) is 9.97 Å². The van der Waals surface area contributed by atoms with Crippen LogP contribution in [-0.4, -0.2) is 39.0 Å². The van der Waals surface area contributed by atoms with Gasteiger partial charge in [-0.1, -0.05) is 6.07 Å². The summed E-state index contributed by atoms with van der Waals surface area (Å²) in [5.41, 5.74) is 0.845. The van der Waals surface area contributed by atoms with Gasteiger partial charge in [0.25, 0.3) is 0 Å². The van der Waals surface area contributed by atoms with Crippen LogP contribution in [0.1, 0.15) is 29.5 Å². The smallest absolute Gasteiger partial charge is 0.248 e. The molecule has 7 heteroatoms. The maximum absolute atomic E-state index is 11.8. The highest BCUT2D eigenvalue weighted by Gasteiger charge is 2.30. The van der Waals surface area contributed by atoms with Crippen LogP contribution in [0.25, 0.3) is 0 Å². The SMILES string of the molecule is Cc1cnc(Nc2cccc([C@H]3CCCN3C(=O)CO)n2)s1. The number of pyridine rings is 1. The lowest BCUT2D eigenvalue weighted by atomic mass is 10.1. The normalized spacial score (nSPS) is 17.7. The number of nitrogens with one attached hydrogen (secondary N) is 1. The molecule has 0 unspecified atom stereocenters. The van der Waals surface area contributed by atoms with Gasteiger partial charge in [0.2, 0.25) is 5.91 Å². The van der Waals surface area contributed by atoms with E-state index in [4.69, 9.17) is 5.11 Å². The highest BCUT2D eigenvalue weighted by Crippen LogP contribution is 2.31. The first-order valence-electron chi connectivity index (χ1n) is 7.24. The van der Waals surface area contributed by atoms with Crippen LogP contribution in [0.5, 0.6) is 0 Å². The summed E-state index contributed by atoms with van der Waals surface area (Å²) >= 11 is 1.57. The van der Waals surface area contributed by atoms with E-state index in [0.29, 0.717) is 6.54 Å². The lowest BCUT2D eigenvalue weighted by Gasteiger charge is -2.23. The molecule has 2 N–H and O–H groups in total. The molecule has 116 valence electrons. The number of nitrogens with zero attached hydrogens (tertiary/aromatic N) is 3. The van der Waals surface area contributed by atoms with Gasteiger partial charge < -0.3 is 15.3 Å². The molecule has 1 atom stereocenters. The van der Waals surface area contributed by atoms with E-state index in [1.165, 1.54) is 0 Å². The van der Waals surface area contributed by atoms with E-state index in [1.807, 2.05) is 31.3 Å². The van der Waals surface area contributed by atoms with Crippen molar-refractivity contribution in [2.45, 2.75) is 25.8 Å². The van der Waals surface area contributed by atoms with Crippen LogP contribution in [0.2, 0.25) is 0 Å². The van der Waals surface area contributed by atoms with E-state index in [1.54, 1.807) is 16.2 Å². The molecular weight excluding hydrogens is 300 g/mol. The maximum atomic E-state index is 11.8. The summed E-state index contributed by atoms with van der Waals surface area (Å²) in [4.78, 5) is 23.5. The summed E-state index contributed by atoms with van der Waals surface area (Å²) in [6, 6.07) is 5.67. The lowest BCUT2D eigenvalue weighted by molar-refractivity contribution is -0.135. The molecule has 6 nitrogen and oxygen atoms in total. The summed E-state index contributed by atoms with van der Waals surface area (Å²) in [5.74, 6) is 0.480. The molecular formula is C15H18N4O2S. The fourth-order valence-electron chi connectivity index (χ4n) is 2.69. The minimum Gasteiger partial charge on any atom is -0.387 e. The van der Waals surface area contributed by atoms with Crippen LogP contribution in [0.3, 0.4) is 0 Å². The quantitative estimate of drug-likeness (QED) is 0.904. The molecule has 1 aliphatic heterocycles. The third-order valence-electron chi connectivity index (χ3n) is 3.68. The Bertz CT molecular complexity index is 673. The average Bonchev–Trinajstić information content (AvgIpc) is 3.16. The predicted molar refractivity (Wildman–Crippen MR) is 85.1 cm³/mol. The number of carbonyl (C=O) groups is 1. The molecule has 0 bridgehead atoms. The first kappa shape index (κ1) is 14.9. The van der Waals surface area contributed by atoms with Gasteiger partial charge in [-0.05, 0) is 31.9 Å². The van der Waals surface area contributed by atoms with Crippen molar-refractivity contribution in [2.75, 3.05) is 18.5 Å². The number of amides is 1. The van der Waals surface area contributed by atoms with Gasteiger partial charge in [0, 0.05) is 17.6 Å². The van der Waals surface area contributed by atoms with Gasteiger partial charge in [0.15, 0.2) is 5.13 Å². The minimum atomic E-state index is -0.452. The van der Waals surface area contributed by atoms with Crippen molar-refractivity contribution in [3.05, 3.63) is 35.0 Å². The van der Waals surface area contributed by atoms with Crippen molar-refractivity contribution in [3.8, 4) is 0 Å². The molecule has 1 aliphatic rings. The molecule has 2 aromatic rings. The molecule has 2 aromatic heterocycles. The Balaban J connectivity index is 1.80. The molecule has 0 aliphatic carbocycles. The van der Waals surface area contributed by atoms with E-state index in [-0.39, 0.29) is 11.9 Å². The van der Waals surface area contributed by atoms with E-state index >= 15 is 0 Å². The molecule has 0 spiro atoms. The van der Waals surface area contributed by atoms with Crippen LogP contribution >= 0.6 is 11.3 Å². The van der Waals surface area contributed by atoms with Crippen LogP contribution in [-0.2, 0) is 4.79 Å². The Hall–Kier alpha value is -1.99. The highest BCUT2D eigenvalue weighted by molar-refractivity contribution is 7.15. The molecule has 3 heterocycles. The zero-order valence-corrected chi connectivity index (χ0v) is 13.1. The number of aliphatic hydroxyl groups excluding tert-OH is 1. The van der Waals surface area contributed by atoms with Crippen molar-refractivity contribution >= 4 is 28.2 Å². The molecule has 0 saturated carbocycles. The summed E-state index contributed by atoms with van der Waals surface area (Å²) < 4.78 is 0. The fourth-order valence-corrected chi connectivity index (χ4v) is 3.36. The third-order valence-corrected chi connectivity index (χ3v) is 4.50. The molecule has 1 saturated heterocycles. The topological polar surface area (TPSA) is 78.4 Å². The first-order chi connectivity index (χ1) is 10.7. The monoisotopic (exact) mass is 318 g/mol. The summed E-state index contributed by atoms with van der Waals surface area (Å²) in [6.07, 6.45) is 3.62. The number of hydrogen-bond acceptors (Lipinski definition) is 6. The maximum Gasteiger partial charge on any atom is 0.248 e. The number of likely N-dealkylation sites (tertiary alicyclic amines) is 1. The zero-order valence-electron chi connectivity index (χ0n) is 12.3. The number of carbonyl (C=O) groups excluding carboxylic acids is 1. The largest absolute Gasteiger partial charge is 0.387 e. The second-order valence-corrected chi connectivity index (χ2v) is 6.49. The number of rotatable bonds is 4. The summed E-state index contributed by atoms with van der Waals surface area (Å²) in [7, 11) is 0. The van der Waals surface area contributed by atoms with Crippen LogP contribution in [0, 0.1) is 6.92 Å². The van der Waals surface area contributed by atoms with Gasteiger partial charge in [-0.15, -0.1) is 11.3 Å². The first-order valence-corrected chi connectivity index (χ1v) is 8.06. The van der Waals surface area contributed by atoms with Gasteiger partial charge in [0.05, 0.1) is 11.7 Å². The third kappa shape index (κ3) is 3.10. The van der Waals surface area contributed by atoms with E-state index in [0.717, 1.165) is 34.4 Å². The van der Waals surface area contributed by atoms with E-state index in [9.17, 15) is 4.79 Å². The van der Waals surface area contributed by atoms with Crippen molar-refractivity contribution < 1.29 is 9.90 Å². The van der Waals surface area contributed by atoms with Crippen molar-refractivity contribution in [1.82, 2.24) is 14.9 Å². The number of aryl methyl sites for hydroxylation is 1. The van der Waals surface area contributed by atoms with E-state index < -0.39 is 6.61 Å². The van der Waals surface area contributed by atoms with Crippen molar-refractivity contribution in [1.29, 1.82) is 0 Å². The Kier molecular flexibility index (Phi) is 4.35. The predicted octanol–water partition coefficient (Wildman–Crippen LogP) is 2.25. The van der Waals surface area contributed by atoms with Crippen LogP contribution in [0.15, 0.2) is 24.4 Å². The van der Waals surface area contributed by atoms with Gasteiger partial charge in [-0.2, -0.15) is 0 Å². The number of thiazole rings is 1. The molecule has 22 heavy (non-hydrogen) atoms. The van der Waals surface area contributed by atoms with E-state index in [2.05, 4.69) is 15.3 Å². The summed E-state index contributed by atoms with van der Waals surface area (Å²) in [6.45, 7) is 2.23. The van der Waals surface area contributed by atoms with Gasteiger partial charge in [-0.3, -0.25) is 4.79 Å². The number of aromatic nitrogens is 2. The number of anilines is 2. The fraction of sp³-hybridized carbons (Fsp3) is 0.400. The second-order valence-electron chi connectivity index (χ2n) is 5.25. The van der Waals surface area contributed by atoms with Gasteiger partial charge in [0.1, 0.15) is 12.4 Å². The van der Waals surface area contributed by atoms with Gasteiger partial charge >= 0.3 is 0 Å². The second kappa shape index (κ2) is 6.41. The Morgan fingerprint density at radius 3 is 3.14 bits per heavy atom. The molecule has 1 amide bonds. The van der Waals surface area contributed by atoms with Crippen molar-refractivity contribution in [3.63, 3.8) is 0 Å². The number of aliphatic hydroxyl groups is 1. The Morgan fingerprint density at radius 2 is 2.41 bits per heavy atom. The molecule has 1 fully saturated rings. The average molecular weight is 318 g/mol. The zero-order chi connectivity index (χ0) is 15.5. The standard InChI is InChI=1S/C15H18N4O2S/c1-10-8-16-15(22-10)18-13-6-2-4-11(17-13)12-5-3-7-19(12)14(21)9-20/h2,4,6,8,12,20H,3,5,7,9H2,1H3,(H,16,17,18)/t12-/m1/s1.